The maximum absolute atomic E-state index is 12.2. The van der Waals surface area contributed by atoms with Crippen LogP contribution >= 0.6 is 27.5 Å². The van der Waals surface area contributed by atoms with Gasteiger partial charge in [0.2, 0.25) is 10.0 Å². The summed E-state index contributed by atoms with van der Waals surface area (Å²) >= 11 is 8.94. The van der Waals surface area contributed by atoms with Crippen LogP contribution in [0.2, 0.25) is 5.15 Å². The zero-order chi connectivity index (χ0) is 15.0. The van der Waals surface area contributed by atoms with Crippen molar-refractivity contribution in [3.05, 3.63) is 21.9 Å². The van der Waals surface area contributed by atoms with E-state index in [4.69, 9.17) is 16.3 Å². The molecule has 2 unspecified atom stereocenters. The van der Waals surface area contributed by atoms with Gasteiger partial charge in [-0.05, 0) is 28.9 Å². The monoisotopic (exact) mass is 384 g/mol. The summed E-state index contributed by atoms with van der Waals surface area (Å²) in [6.07, 6.45) is 1.35. The summed E-state index contributed by atoms with van der Waals surface area (Å²) in [7, 11) is -3.85. The number of rotatable bonds is 4. The predicted molar refractivity (Wildman–Crippen MR) is 77.1 cm³/mol. The van der Waals surface area contributed by atoms with Gasteiger partial charge in [-0.3, -0.25) is 0 Å². The number of nitrogens with zero attached hydrogens (tertiary/aromatic N) is 1. The molecule has 1 aliphatic rings. The van der Waals surface area contributed by atoms with Gasteiger partial charge in [0.15, 0.2) is 0 Å². The second kappa shape index (κ2) is 5.86. The highest BCUT2D eigenvalue weighted by Crippen LogP contribution is 2.27. The van der Waals surface area contributed by atoms with Crippen LogP contribution in [0.25, 0.3) is 0 Å². The molecule has 1 saturated heterocycles. The Morgan fingerprint density at radius 1 is 1.70 bits per heavy atom. The number of aliphatic hydroxyl groups is 1. The van der Waals surface area contributed by atoms with Crippen LogP contribution in [0.5, 0.6) is 0 Å². The van der Waals surface area contributed by atoms with E-state index in [1.54, 1.807) is 6.92 Å². The molecule has 1 aromatic rings. The maximum Gasteiger partial charge on any atom is 0.243 e. The average molecular weight is 386 g/mol. The van der Waals surface area contributed by atoms with Crippen molar-refractivity contribution in [2.24, 2.45) is 0 Å². The number of pyridine rings is 1. The van der Waals surface area contributed by atoms with Gasteiger partial charge >= 0.3 is 0 Å². The minimum atomic E-state index is -3.85. The number of halogens is 2. The van der Waals surface area contributed by atoms with Crippen LogP contribution in [0.4, 0.5) is 0 Å². The first kappa shape index (κ1) is 16.1. The van der Waals surface area contributed by atoms with Crippen molar-refractivity contribution >= 4 is 37.6 Å². The lowest BCUT2D eigenvalue weighted by Gasteiger charge is -2.26. The van der Waals surface area contributed by atoms with Crippen molar-refractivity contribution in [2.75, 3.05) is 13.2 Å². The van der Waals surface area contributed by atoms with Crippen LogP contribution in [-0.4, -0.2) is 43.4 Å². The smallest absolute Gasteiger partial charge is 0.243 e. The van der Waals surface area contributed by atoms with E-state index in [0.717, 1.165) is 0 Å². The molecule has 2 heterocycles. The number of sulfonamides is 1. The van der Waals surface area contributed by atoms with Crippen molar-refractivity contribution in [1.82, 2.24) is 9.71 Å². The van der Waals surface area contributed by atoms with Gasteiger partial charge in [-0.1, -0.05) is 11.6 Å². The van der Waals surface area contributed by atoms with Crippen molar-refractivity contribution in [2.45, 2.75) is 29.9 Å². The Bertz CT molecular complexity index is 612. The highest BCUT2D eigenvalue weighted by Gasteiger charge is 2.40. The summed E-state index contributed by atoms with van der Waals surface area (Å²) in [6, 6.07) is 1.36. The molecule has 0 bridgehead atoms. The van der Waals surface area contributed by atoms with Crippen LogP contribution in [0.3, 0.4) is 0 Å². The van der Waals surface area contributed by atoms with Crippen molar-refractivity contribution in [1.29, 1.82) is 0 Å². The van der Waals surface area contributed by atoms with Gasteiger partial charge in [0.05, 0.1) is 6.10 Å². The molecule has 1 fully saturated rings. The molecule has 2 rings (SSSR count). The van der Waals surface area contributed by atoms with Gasteiger partial charge in [-0.25, -0.2) is 18.1 Å². The molecule has 9 heteroatoms. The second-order valence-corrected chi connectivity index (χ2v) is 7.64. The molecule has 6 nitrogen and oxygen atoms in total. The summed E-state index contributed by atoms with van der Waals surface area (Å²) in [5.41, 5.74) is -1.21. The minimum absolute atomic E-state index is 0.122. The second-order valence-electron chi connectivity index (χ2n) is 4.63. The number of hydrogen-bond acceptors (Lipinski definition) is 5. The van der Waals surface area contributed by atoms with E-state index < -0.39 is 21.7 Å². The number of aromatic nitrogens is 1. The van der Waals surface area contributed by atoms with E-state index in [9.17, 15) is 13.5 Å². The first-order chi connectivity index (χ1) is 9.24. The molecule has 1 aromatic heterocycles. The Labute approximate surface area is 130 Å². The lowest BCUT2D eigenvalue weighted by atomic mass is 9.97. The summed E-state index contributed by atoms with van der Waals surface area (Å²) in [6.45, 7) is 1.97. The quantitative estimate of drug-likeness (QED) is 0.763. The highest BCUT2D eigenvalue weighted by atomic mass is 79.9. The molecule has 0 amide bonds. The third kappa shape index (κ3) is 3.32. The lowest BCUT2D eigenvalue weighted by Crippen LogP contribution is -2.47. The van der Waals surface area contributed by atoms with E-state index in [1.807, 2.05) is 0 Å². The largest absolute Gasteiger partial charge is 0.386 e. The van der Waals surface area contributed by atoms with Gasteiger partial charge in [0.25, 0.3) is 0 Å². The maximum atomic E-state index is 12.2. The highest BCUT2D eigenvalue weighted by molar-refractivity contribution is 9.10. The van der Waals surface area contributed by atoms with Gasteiger partial charge in [-0.15, -0.1) is 0 Å². The van der Waals surface area contributed by atoms with Crippen molar-refractivity contribution in [3.63, 3.8) is 0 Å². The third-order valence-electron chi connectivity index (χ3n) is 3.29. The van der Waals surface area contributed by atoms with Crippen LogP contribution in [0.1, 0.15) is 13.3 Å². The normalized spacial score (nSPS) is 26.9. The van der Waals surface area contributed by atoms with E-state index in [-0.39, 0.29) is 16.6 Å². The molecule has 0 aliphatic carbocycles. The molecule has 20 heavy (non-hydrogen) atoms. The summed E-state index contributed by atoms with van der Waals surface area (Å²) in [4.78, 5) is 3.63. The Kier molecular flexibility index (Phi) is 4.73. The summed E-state index contributed by atoms with van der Waals surface area (Å²) in [5, 5.41) is 10.2. The fourth-order valence-corrected chi connectivity index (χ4v) is 3.94. The molecule has 0 radical (unpaired) electrons. The zero-order valence-electron chi connectivity index (χ0n) is 10.6. The van der Waals surface area contributed by atoms with Crippen LogP contribution in [-0.2, 0) is 14.8 Å². The Morgan fingerprint density at radius 2 is 2.40 bits per heavy atom. The first-order valence-electron chi connectivity index (χ1n) is 5.89. The van der Waals surface area contributed by atoms with Crippen molar-refractivity contribution < 1.29 is 18.3 Å². The number of nitrogens with one attached hydrogen (secondary N) is 1. The molecule has 0 saturated carbocycles. The Hall–Kier alpha value is -0.250. The standard InChI is InChI=1S/C11H14BrClN2O4S/c1-7-11(16,2-3-19-7)6-15-20(17,18)9-4-8(12)5-14-10(9)13/h4-5,7,15-16H,2-3,6H2,1H3. The fraction of sp³-hybridized carbons (Fsp3) is 0.545. The van der Waals surface area contributed by atoms with Crippen molar-refractivity contribution in [3.8, 4) is 0 Å². The first-order valence-corrected chi connectivity index (χ1v) is 8.55. The molecular weight excluding hydrogens is 372 g/mol. The fourth-order valence-electron chi connectivity index (χ4n) is 1.89. The molecule has 2 N–H and O–H groups in total. The topological polar surface area (TPSA) is 88.5 Å². The molecule has 0 aromatic carbocycles. The summed E-state index contributed by atoms with van der Waals surface area (Å²) < 4.78 is 32.5. The third-order valence-corrected chi connectivity index (χ3v) is 5.55. The Balaban J connectivity index is 2.18. The predicted octanol–water partition coefficient (Wildman–Crippen LogP) is 1.32. The van der Waals surface area contributed by atoms with Gasteiger partial charge < -0.3 is 9.84 Å². The molecule has 1 aliphatic heterocycles. The van der Waals surface area contributed by atoms with E-state index >= 15 is 0 Å². The summed E-state index contributed by atoms with van der Waals surface area (Å²) in [5.74, 6) is 0. The molecule has 112 valence electrons. The van der Waals surface area contributed by atoms with Gasteiger partial charge in [0.1, 0.15) is 15.6 Å². The molecular formula is C11H14BrClN2O4S. The molecule has 0 spiro atoms. The minimum Gasteiger partial charge on any atom is -0.386 e. The number of ether oxygens (including phenoxy) is 1. The van der Waals surface area contributed by atoms with Crippen LogP contribution < -0.4 is 4.72 Å². The van der Waals surface area contributed by atoms with E-state index in [2.05, 4.69) is 25.6 Å². The van der Waals surface area contributed by atoms with Gasteiger partial charge in [-0.2, -0.15) is 0 Å². The SMILES string of the molecule is CC1OCCC1(O)CNS(=O)(=O)c1cc(Br)cnc1Cl. The molecule has 2 atom stereocenters. The van der Waals surface area contributed by atoms with Crippen LogP contribution in [0.15, 0.2) is 21.6 Å². The lowest BCUT2D eigenvalue weighted by molar-refractivity contribution is -0.0228. The Morgan fingerprint density at radius 3 is 3.00 bits per heavy atom. The number of hydrogen-bond donors (Lipinski definition) is 2. The zero-order valence-corrected chi connectivity index (χ0v) is 13.8. The van der Waals surface area contributed by atoms with Gasteiger partial charge in [0, 0.05) is 30.2 Å². The average Bonchev–Trinajstić information content (AvgIpc) is 2.71. The van der Waals surface area contributed by atoms with E-state index in [1.165, 1.54) is 12.3 Å². The van der Waals surface area contributed by atoms with Crippen LogP contribution in [0, 0.1) is 0 Å². The van der Waals surface area contributed by atoms with E-state index in [0.29, 0.717) is 17.5 Å².